The highest BCUT2D eigenvalue weighted by atomic mass is 16.3. The van der Waals surface area contributed by atoms with Crippen LogP contribution in [0, 0.1) is 5.41 Å². The second-order valence-corrected chi connectivity index (χ2v) is 7.45. The van der Waals surface area contributed by atoms with Crippen molar-refractivity contribution in [3.05, 3.63) is 46.5 Å². The van der Waals surface area contributed by atoms with Crippen molar-refractivity contribution in [3.8, 4) is 5.75 Å². The molecule has 0 aliphatic heterocycles. The van der Waals surface area contributed by atoms with Gasteiger partial charge in [-0.25, -0.2) is 0 Å². The molecule has 0 amide bonds. The van der Waals surface area contributed by atoms with E-state index < -0.39 is 0 Å². The number of allylic oxidation sites excluding steroid dienone is 2. The van der Waals surface area contributed by atoms with Gasteiger partial charge in [0.2, 0.25) is 0 Å². The molecule has 21 heavy (non-hydrogen) atoms. The van der Waals surface area contributed by atoms with Crippen LogP contribution in [0.15, 0.2) is 35.4 Å². The van der Waals surface area contributed by atoms with Crippen LogP contribution >= 0.6 is 0 Å². The fourth-order valence-electron chi connectivity index (χ4n) is 4.81. The van der Waals surface area contributed by atoms with Gasteiger partial charge in [-0.1, -0.05) is 37.6 Å². The molecule has 0 radical (unpaired) electrons. The van der Waals surface area contributed by atoms with Crippen molar-refractivity contribution in [2.75, 3.05) is 0 Å². The molecule has 0 spiro atoms. The Bertz CT molecular complexity index is 685. The van der Waals surface area contributed by atoms with Crippen LogP contribution in [0.5, 0.6) is 5.75 Å². The summed E-state index contributed by atoms with van der Waals surface area (Å²) in [6, 6.07) is 5.72. The summed E-state index contributed by atoms with van der Waals surface area (Å²) >= 11 is 0. The third-order valence-electron chi connectivity index (χ3n) is 6.01. The molecule has 1 aromatic carbocycles. The number of aromatic hydroxyl groups is 1. The number of hydrogen-bond acceptors (Lipinski definition) is 2. The first kappa shape index (κ1) is 13.1. The Balaban J connectivity index is 1.94. The van der Waals surface area contributed by atoms with Crippen LogP contribution in [-0.4, -0.2) is 16.3 Å². The van der Waals surface area contributed by atoms with Gasteiger partial charge >= 0.3 is 0 Å². The van der Waals surface area contributed by atoms with Crippen molar-refractivity contribution < 1.29 is 10.2 Å². The Kier molecular flexibility index (Phi) is 2.51. The highest BCUT2D eigenvalue weighted by Gasteiger charge is 2.49. The van der Waals surface area contributed by atoms with Gasteiger partial charge in [0.15, 0.2) is 0 Å². The Morgan fingerprint density at radius 1 is 1.14 bits per heavy atom. The summed E-state index contributed by atoms with van der Waals surface area (Å²) in [5, 5.41) is 19.9. The van der Waals surface area contributed by atoms with Gasteiger partial charge in [0.05, 0.1) is 6.10 Å². The lowest BCUT2D eigenvalue weighted by Gasteiger charge is -2.46. The van der Waals surface area contributed by atoms with Crippen molar-refractivity contribution in [2.45, 2.75) is 51.0 Å². The van der Waals surface area contributed by atoms with E-state index in [1.54, 1.807) is 6.07 Å². The van der Waals surface area contributed by atoms with Gasteiger partial charge in [-0.05, 0) is 59.9 Å². The first-order valence-electron chi connectivity index (χ1n) is 7.86. The van der Waals surface area contributed by atoms with Crippen LogP contribution in [0.3, 0.4) is 0 Å². The highest BCUT2D eigenvalue weighted by molar-refractivity contribution is 5.69. The second kappa shape index (κ2) is 4.01. The number of aliphatic hydroxyl groups is 1. The number of phenols is 1. The summed E-state index contributed by atoms with van der Waals surface area (Å²) in [5.74, 6) is 0.329. The van der Waals surface area contributed by atoms with Crippen LogP contribution in [-0.2, 0) is 5.41 Å². The molecule has 3 atom stereocenters. The lowest BCUT2D eigenvalue weighted by atomic mass is 9.58. The Morgan fingerprint density at radius 2 is 1.95 bits per heavy atom. The minimum atomic E-state index is -0.186. The van der Waals surface area contributed by atoms with Crippen molar-refractivity contribution in [3.63, 3.8) is 0 Å². The van der Waals surface area contributed by atoms with Crippen molar-refractivity contribution in [1.82, 2.24) is 0 Å². The standard InChI is InChI=1S/C19H22O2/c1-18-7-8-19(2)15-6-4-13(20)9-12(15)3-5-16(19)17(18)10-14(21)11-18/h3-6,9,14,20-21H,7-8,10-11H2,1-2H3/t14-,18?,19-/m1/s1. The van der Waals surface area contributed by atoms with E-state index in [-0.39, 0.29) is 16.9 Å². The predicted molar refractivity (Wildman–Crippen MR) is 84.1 cm³/mol. The molecule has 1 saturated carbocycles. The fraction of sp³-hybridized carbons (Fsp3) is 0.474. The molecule has 0 aromatic heterocycles. The summed E-state index contributed by atoms with van der Waals surface area (Å²) in [6.45, 7) is 4.63. The smallest absolute Gasteiger partial charge is 0.116 e. The van der Waals surface area contributed by atoms with Crippen LogP contribution in [0.25, 0.3) is 6.08 Å². The minimum absolute atomic E-state index is 0.0245. The highest BCUT2D eigenvalue weighted by Crippen LogP contribution is 2.59. The second-order valence-electron chi connectivity index (χ2n) is 7.45. The molecule has 2 heteroatoms. The number of aliphatic hydroxyl groups excluding tert-OH is 1. The van der Waals surface area contributed by atoms with Gasteiger partial charge in [0.1, 0.15) is 5.75 Å². The van der Waals surface area contributed by atoms with Crippen molar-refractivity contribution in [1.29, 1.82) is 0 Å². The first-order valence-corrected chi connectivity index (χ1v) is 7.86. The average Bonchev–Trinajstić information content (AvgIpc) is 2.73. The van der Waals surface area contributed by atoms with Gasteiger partial charge in [0, 0.05) is 5.41 Å². The zero-order chi connectivity index (χ0) is 14.8. The Hall–Kier alpha value is -1.54. The van der Waals surface area contributed by atoms with E-state index >= 15 is 0 Å². The van der Waals surface area contributed by atoms with Crippen molar-refractivity contribution >= 4 is 6.08 Å². The number of phenolic OH excluding ortho intramolecular Hbond substituents is 1. The van der Waals surface area contributed by atoms with Crippen LogP contribution in [0.1, 0.15) is 50.7 Å². The molecule has 2 N–H and O–H groups in total. The summed E-state index contributed by atoms with van der Waals surface area (Å²) in [7, 11) is 0. The van der Waals surface area contributed by atoms with Gasteiger partial charge in [-0.3, -0.25) is 0 Å². The Morgan fingerprint density at radius 3 is 2.76 bits per heavy atom. The van der Waals surface area contributed by atoms with E-state index in [0.29, 0.717) is 5.75 Å². The maximum Gasteiger partial charge on any atom is 0.116 e. The Labute approximate surface area is 125 Å². The zero-order valence-electron chi connectivity index (χ0n) is 12.7. The SMILES string of the molecule is CC12CC[C@@]3(C)C(=C1C[C@@H](O)C2)C=Cc1cc(O)ccc13. The van der Waals surface area contributed by atoms with E-state index in [1.165, 1.54) is 16.7 Å². The van der Waals surface area contributed by atoms with Gasteiger partial charge < -0.3 is 10.2 Å². The molecule has 2 nitrogen and oxygen atoms in total. The van der Waals surface area contributed by atoms with E-state index in [9.17, 15) is 10.2 Å². The molecular formula is C19H22O2. The predicted octanol–water partition coefficient (Wildman–Crippen LogP) is 3.93. The van der Waals surface area contributed by atoms with E-state index in [4.69, 9.17) is 0 Å². The molecule has 1 unspecified atom stereocenters. The number of rotatable bonds is 0. The van der Waals surface area contributed by atoms with Gasteiger partial charge in [-0.15, -0.1) is 0 Å². The molecule has 0 bridgehead atoms. The number of fused-ring (bicyclic) bond motifs is 4. The lowest BCUT2D eigenvalue weighted by Crippen LogP contribution is -2.36. The van der Waals surface area contributed by atoms with E-state index in [1.807, 2.05) is 6.07 Å². The average molecular weight is 282 g/mol. The van der Waals surface area contributed by atoms with Gasteiger partial charge in [0.25, 0.3) is 0 Å². The molecular weight excluding hydrogens is 260 g/mol. The molecule has 4 rings (SSSR count). The summed E-state index contributed by atoms with van der Waals surface area (Å²) in [5.41, 5.74) is 5.51. The van der Waals surface area contributed by atoms with Crippen LogP contribution in [0.4, 0.5) is 0 Å². The molecule has 0 saturated heterocycles. The molecule has 0 heterocycles. The number of hydrogen-bond donors (Lipinski definition) is 2. The summed E-state index contributed by atoms with van der Waals surface area (Å²) in [6.07, 6.45) is 8.12. The van der Waals surface area contributed by atoms with Crippen molar-refractivity contribution in [2.24, 2.45) is 5.41 Å². The maximum absolute atomic E-state index is 10.1. The lowest BCUT2D eigenvalue weighted by molar-refractivity contribution is 0.157. The largest absolute Gasteiger partial charge is 0.508 e. The fourth-order valence-corrected chi connectivity index (χ4v) is 4.81. The van der Waals surface area contributed by atoms with E-state index in [2.05, 4.69) is 32.1 Å². The number of benzene rings is 1. The molecule has 110 valence electrons. The third-order valence-corrected chi connectivity index (χ3v) is 6.01. The summed E-state index contributed by atoms with van der Waals surface area (Å²) < 4.78 is 0. The molecule has 1 fully saturated rings. The zero-order valence-corrected chi connectivity index (χ0v) is 12.7. The monoisotopic (exact) mass is 282 g/mol. The van der Waals surface area contributed by atoms with Gasteiger partial charge in [-0.2, -0.15) is 0 Å². The topological polar surface area (TPSA) is 40.5 Å². The first-order chi connectivity index (χ1) is 9.92. The van der Waals surface area contributed by atoms with Crippen LogP contribution < -0.4 is 0 Å². The molecule has 1 aromatic rings. The molecule has 3 aliphatic rings. The normalized spacial score (nSPS) is 37.2. The van der Waals surface area contributed by atoms with E-state index in [0.717, 1.165) is 31.2 Å². The molecule has 3 aliphatic carbocycles. The van der Waals surface area contributed by atoms with Crippen LogP contribution in [0.2, 0.25) is 0 Å². The minimum Gasteiger partial charge on any atom is -0.508 e. The quantitative estimate of drug-likeness (QED) is 0.757. The summed E-state index contributed by atoms with van der Waals surface area (Å²) in [4.78, 5) is 0. The third kappa shape index (κ3) is 1.69. The maximum atomic E-state index is 10.1.